The van der Waals surface area contributed by atoms with Crippen LogP contribution >= 0.6 is 0 Å². The lowest BCUT2D eigenvalue weighted by Gasteiger charge is -2.06. The smallest absolute Gasteiger partial charge is 0.339 e. The SMILES string of the molecule is COC(=O)c1cnc2c(C)cc(C(=O)OC)cc2c1. The average molecular weight is 259 g/mol. The van der Waals surface area contributed by atoms with Gasteiger partial charge in [-0.15, -0.1) is 0 Å². The van der Waals surface area contributed by atoms with Crippen molar-refractivity contribution in [2.24, 2.45) is 0 Å². The number of ether oxygens (including phenoxy) is 2. The molecule has 98 valence electrons. The summed E-state index contributed by atoms with van der Waals surface area (Å²) < 4.78 is 9.33. The molecule has 0 fully saturated rings. The Morgan fingerprint density at radius 1 is 1.00 bits per heavy atom. The Balaban J connectivity index is 2.63. The van der Waals surface area contributed by atoms with Crippen LogP contribution in [0.2, 0.25) is 0 Å². The van der Waals surface area contributed by atoms with E-state index in [0.29, 0.717) is 16.5 Å². The van der Waals surface area contributed by atoms with Crippen LogP contribution < -0.4 is 0 Å². The third-order valence-corrected chi connectivity index (χ3v) is 2.82. The second-order valence-electron chi connectivity index (χ2n) is 4.07. The molecule has 0 N–H and O–H groups in total. The zero-order valence-corrected chi connectivity index (χ0v) is 10.9. The molecule has 0 amide bonds. The number of aryl methyl sites for hydroxylation is 1. The predicted molar refractivity (Wildman–Crippen MR) is 69.2 cm³/mol. The molecule has 0 atom stereocenters. The zero-order valence-electron chi connectivity index (χ0n) is 10.9. The minimum Gasteiger partial charge on any atom is -0.465 e. The molecule has 19 heavy (non-hydrogen) atoms. The maximum absolute atomic E-state index is 11.6. The molecule has 0 saturated heterocycles. The number of nitrogens with zero attached hydrogens (tertiary/aromatic N) is 1. The summed E-state index contributed by atoms with van der Waals surface area (Å²) >= 11 is 0. The number of carbonyl (C=O) groups is 2. The topological polar surface area (TPSA) is 65.5 Å². The minimum absolute atomic E-state index is 0.344. The van der Waals surface area contributed by atoms with E-state index in [1.807, 2.05) is 6.92 Å². The lowest BCUT2D eigenvalue weighted by atomic mass is 10.0. The van der Waals surface area contributed by atoms with Gasteiger partial charge in [-0.1, -0.05) is 0 Å². The predicted octanol–water partition coefficient (Wildman–Crippen LogP) is 2.12. The van der Waals surface area contributed by atoms with Crippen LogP contribution in [0, 0.1) is 6.92 Å². The highest BCUT2D eigenvalue weighted by molar-refractivity contribution is 5.98. The summed E-state index contributed by atoms with van der Waals surface area (Å²) in [5.74, 6) is -0.885. The van der Waals surface area contributed by atoms with E-state index in [1.54, 1.807) is 18.2 Å². The molecule has 0 unspecified atom stereocenters. The van der Waals surface area contributed by atoms with Crippen molar-refractivity contribution in [3.8, 4) is 0 Å². The molecule has 0 saturated carbocycles. The Labute approximate surface area is 110 Å². The molecule has 1 aromatic heterocycles. The number of fused-ring (bicyclic) bond motifs is 1. The second-order valence-corrected chi connectivity index (χ2v) is 4.07. The van der Waals surface area contributed by atoms with Gasteiger partial charge in [0, 0.05) is 11.6 Å². The molecule has 2 rings (SSSR count). The maximum atomic E-state index is 11.6. The van der Waals surface area contributed by atoms with Gasteiger partial charge in [0.15, 0.2) is 0 Å². The number of rotatable bonds is 2. The fourth-order valence-corrected chi connectivity index (χ4v) is 1.90. The molecular formula is C14H13NO4. The molecule has 1 aromatic carbocycles. The van der Waals surface area contributed by atoms with Crippen LogP contribution in [0.4, 0.5) is 0 Å². The first kappa shape index (κ1) is 13.0. The molecule has 0 aliphatic carbocycles. The Kier molecular flexibility index (Phi) is 3.46. The van der Waals surface area contributed by atoms with Crippen molar-refractivity contribution in [3.63, 3.8) is 0 Å². The van der Waals surface area contributed by atoms with E-state index in [2.05, 4.69) is 14.5 Å². The number of carbonyl (C=O) groups excluding carboxylic acids is 2. The Bertz CT molecular complexity index is 659. The van der Waals surface area contributed by atoms with Gasteiger partial charge in [0.2, 0.25) is 0 Å². The first-order chi connectivity index (χ1) is 9.06. The molecule has 2 aromatic rings. The quantitative estimate of drug-likeness (QED) is 0.773. The van der Waals surface area contributed by atoms with E-state index in [-0.39, 0.29) is 0 Å². The van der Waals surface area contributed by atoms with E-state index >= 15 is 0 Å². The number of pyridine rings is 1. The van der Waals surface area contributed by atoms with E-state index in [0.717, 1.165) is 11.1 Å². The summed E-state index contributed by atoms with van der Waals surface area (Å²) in [6.45, 7) is 1.85. The molecular weight excluding hydrogens is 246 g/mol. The summed E-state index contributed by atoms with van der Waals surface area (Å²) in [5.41, 5.74) is 2.35. The van der Waals surface area contributed by atoms with Crippen molar-refractivity contribution < 1.29 is 19.1 Å². The van der Waals surface area contributed by atoms with Crippen molar-refractivity contribution in [2.45, 2.75) is 6.92 Å². The standard InChI is InChI=1S/C14H13NO4/c1-8-4-10(13(16)18-2)5-9-6-11(14(17)19-3)7-15-12(8)9/h4-7H,1-3H3. The first-order valence-corrected chi connectivity index (χ1v) is 5.64. The van der Waals surface area contributed by atoms with Gasteiger partial charge in [0.25, 0.3) is 0 Å². The number of hydrogen-bond donors (Lipinski definition) is 0. The summed E-state index contributed by atoms with van der Waals surface area (Å²) in [6, 6.07) is 5.00. The van der Waals surface area contributed by atoms with Crippen LogP contribution in [0.5, 0.6) is 0 Å². The van der Waals surface area contributed by atoms with Crippen molar-refractivity contribution in [1.82, 2.24) is 4.98 Å². The second kappa shape index (κ2) is 5.06. The van der Waals surface area contributed by atoms with Crippen LogP contribution in [0.3, 0.4) is 0 Å². The molecule has 0 bridgehead atoms. The number of esters is 2. The average Bonchev–Trinajstić information content (AvgIpc) is 2.44. The molecule has 0 aliphatic heterocycles. The monoisotopic (exact) mass is 259 g/mol. The van der Waals surface area contributed by atoms with Crippen molar-refractivity contribution in [2.75, 3.05) is 14.2 Å². The Morgan fingerprint density at radius 3 is 2.21 bits per heavy atom. The minimum atomic E-state index is -0.462. The molecule has 0 radical (unpaired) electrons. The molecule has 5 nitrogen and oxygen atoms in total. The van der Waals surface area contributed by atoms with Gasteiger partial charge in [-0.05, 0) is 30.7 Å². The Morgan fingerprint density at radius 2 is 1.58 bits per heavy atom. The van der Waals surface area contributed by atoms with Gasteiger partial charge in [-0.3, -0.25) is 4.98 Å². The largest absolute Gasteiger partial charge is 0.465 e. The van der Waals surface area contributed by atoms with Crippen LogP contribution in [0.25, 0.3) is 10.9 Å². The third kappa shape index (κ3) is 2.40. The number of methoxy groups -OCH3 is 2. The van der Waals surface area contributed by atoms with Gasteiger partial charge >= 0.3 is 11.9 Å². The maximum Gasteiger partial charge on any atom is 0.339 e. The summed E-state index contributed by atoms with van der Waals surface area (Å²) in [4.78, 5) is 27.2. The molecule has 5 heteroatoms. The molecule has 1 heterocycles. The highest BCUT2D eigenvalue weighted by Crippen LogP contribution is 2.20. The molecule has 0 aliphatic rings. The van der Waals surface area contributed by atoms with Gasteiger partial charge in [-0.2, -0.15) is 0 Å². The number of aromatic nitrogens is 1. The van der Waals surface area contributed by atoms with E-state index in [4.69, 9.17) is 0 Å². The molecule has 0 spiro atoms. The summed E-state index contributed by atoms with van der Waals surface area (Å²) in [6.07, 6.45) is 1.46. The van der Waals surface area contributed by atoms with E-state index in [9.17, 15) is 9.59 Å². The summed E-state index contributed by atoms with van der Waals surface area (Å²) in [5, 5.41) is 0.698. The van der Waals surface area contributed by atoms with Crippen molar-refractivity contribution in [1.29, 1.82) is 0 Å². The zero-order chi connectivity index (χ0) is 14.0. The fraction of sp³-hybridized carbons (Fsp3) is 0.214. The summed E-state index contributed by atoms with van der Waals surface area (Å²) in [7, 11) is 2.63. The van der Waals surface area contributed by atoms with Gasteiger partial charge < -0.3 is 9.47 Å². The van der Waals surface area contributed by atoms with Crippen LogP contribution in [-0.2, 0) is 9.47 Å². The van der Waals surface area contributed by atoms with Gasteiger partial charge in [-0.25, -0.2) is 9.59 Å². The Hall–Kier alpha value is -2.43. The lowest BCUT2D eigenvalue weighted by Crippen LogP contribution is -2.04. The normalized spacial score (nSPS) is 10.3. The van der Waals surface area contributed by atoms with E-state index < -0.39 is 11.9 Å². The number of hydrogen-bond acceptors (Lipinski definition) is 5. The van der Waals surface area contributed by atoms with Crippen LogP contribution in [0.15, 0.2) is 24.4 Å². The highest BCUT2D eigenvalue weighted by atomic mass is 16.5. The fourth-order valence-electron chi connectivity index (χ4n) is 1.90. The van der Waals surface area contributed by atoms with Crippen LogP contribution in [0.1, 0.15) is 26.3 Å². The first-order valence-electron chi connectivity index (χ1n) is 5.64. The third-order valence-electron chi connectivity index (χ3n) is 2.82. The lowest BCUT2D eigenvalue weighted by molar-refractivity contribution is 0.0592. The van der Waals surface area contributed by atoms with Crippen molar-refractivity contribution in [3.05, 3.63) is 41.1 Å². The number of benzene rings is 1. The van der Waals surface area contributed by atoms with Gasteiger partial charge in [0.1, 0.15) is 0 Å². The van der Waals surface area contributed by atoms with Crippen LogP contribution in [-0.4, -0.2) is 31.1 Å². The van der Waals surface area contributed by atoms with E-state index in [1.165, 1.54) is 20.4 Å². The van der Waals surface area contributed by atoms with Crippen molar-refractivity contribution >= 4 is 22.8 Å². The van der Waals surface area contributed by atoms with Gasteiger partial charge in [0.05, 0.1) is 30.9 Å². The highest BCUT2D eigenvalue weighted by Gasteiger charge is 2.12.